The van der Waals surface area contributed by atoms with Gasteiger partial charge in [-0.15, -0.1) is 0 Å². The van der Waals surface area contributed by atoms with E-state index in [9.17, 15) is 10.2 Å². The van der Waals surface area contributed by atoms with Crippen LogP contribution < -0.4 is 0 Å². The van der Waals surface area contributed by atoms with E-state index < -0.39 is 5.60 Å². The van der Waals surface area contributed by atoms with Gasteiger partial charge in [-0.1, -0.05) is 26.0 Å². The molecule has 5 heteroatoms. The van der Waals surface area contributed by atoms with E-state index in [4.69, 9.17) is 4.98 Å². The molecule has 1 saturated heterocycles. The lowest BCUT2D eigenvalue weighted by Crippen LogP contribution is -2.34. The fourth-order valence-electron chi connectivity index (χ4n) is 3.63. The molecular weight excluding hydrogens is 314 g/mol. The summed E-state index contributed by atoms with van der Waals surface area (Å²) in [6.07, 6.45) is 3.33. The topological polar surface area (TPSA) is 61.5 Å². The zero-order valence-electron chi connectivity index (χ0n) is 15.5. The van der Waals surface area contributed by atoms with Crippen LogP contribution in [0.1, 0.15) is 45.4 Å². The molecule has 0 bridgehead atoms. The Balaban J connectivity index is 1.79. The quantitative estimate of drug-likeness (QED) is 0.845. The van der Waals surface area contributed by atoms with Crippen molar-refractivity contribution in [2.24, 2.45) is 5.92 Å². The van der Waals surface area contributed by atoms with Crippen LogP contribution in [-0.2, 0) is 13.1 Å². The zero-order chi connectivity index (χ0) is 17.9. The fourth-order valence-corrected chi connectivity index (χ4v) is 3.63. The van der Waals surface area contributed by atoms with Gasteiger partial charge in [-0.3, -0.25) is 4.90 Å². The average Bonchev–Trinajstić information content (AvgIpc) is 2.83. The minimum atomic E-state index is -0.910. The molecule has 3 rings (SSSR count). The van der Waals surface area contributed by atoms with Gasteiger partial charge in [0.05, 0.1) is 29.8 Å². The number of benzene rings is 1. The highest BCUT2D eigenvalue weighted by Gasteiger charge is 2.29. The molecule has 0 saturated carbocycles. The average molecular weight is 345 g/mol. The second-order valence-corrected chi connectivity index (χ2v) is 7.86. The van der Waals surface area contributed by atoms with Crippen molar-refractivity contribution in [2.45, 2.75) is 58.2 Å². The number of hydrogen-bond donors (Lipinski definition) is 2. The Hall–Kier alpha value is -1.43. The molecule has 0 amide bonds. The van der Waals surface area contributed by atoms with Crippen LogP contribution in [0.3, 0.4) is 0 Å². The summed E-state index contributed by atoms with van der Waals surface area (Å²) < 4.78 is 2.36. The number of aromatic nitrogens is 2. The molecule has 0 radical (unpaired) electrons. The molecule has 0 spiro atoms. The summed E-state index contributed by atoms with van der Waals surface area (Å²) in [6.45, 7) is 7.89. The normalized spacial score (nSPS) is 22.6. The number of likely N-dealkylation sites (tertiary alicyclic amines) is 1. The molecule has 5 nitrogen and oxygen atoms in total. The second kappa shape index (κ2) is 7.85. The molecular formula is C20H31N3O2. The molecule has 25 heavy (non-hydrogen) atoms. The Morgan fingerprint density at radius 2 is 2.00 bits per heavy atom. The Morgan fingerprint density at radius 3 is 2.76 bits per heavy atom. The molecule has 1 fully saturated rings. The lowest BCUT2D eigenvalue weighted by molar-refractivity contribution is -0.0256. The third-order valence-electron chi connectivity index (χ3n) is 5.33. The van der Waals surface area contributed by atoms with Gasteiger partial charge in [0.2, 0.25) is 0 Å². The van der Waals surface area contributed by atoms with Crippen LogP contribution in [0, 0.1) is 5.92 Å². The monoisotopic (exact) mass is 345 g/mol. The molecule has 1 atom stereocenters. The summed E-state index contributed by atoms with van der Waals surface area (Å²) >= 11 is 0. The standard InChI is InChI=1S/C20H31N3O2/c1-16(2)8-12-23-18-7-4-3-6-17(18)21-19(23)14-22-11-5-9-20(25,15-24)10-13-22/h3-4,6-7,16,24-25H,5,8-15H2,1-2H3/t20-/m0/s1. The summed E-state index contributed by atoms with van der Waals surface area (Å²) in [4.78, 5) is 7.24. The van der Waals surface area contributed by atoms with Gasteiger partial charge in [-0.2, -0.15) is 0 Å². The molecule has 2 heterocycles. The van der Waals surface area contributed by atoms with Crippen LogP contribution >= 0.6 is 0 Å². The number of imidazole rings is 1. The van der Waals surface area contributed by atoms with Crippen molar-refractivity contribution in [1.82, 2.24) is 14.5 Å². The smallest absolute Gasteiger partial charge is 0.124 e. The van der Waals surface area contributed by atoms with E-state index >= 15 is 0 Å². The van der Waals surface area contributed by atoms with E-state index in [2.05, 4.69) is 41.5 Å². The zero-order valence-corrected chi connectivity index (χ0v) is 15.5. The van der Waals surface area contributed by atoms with E-state index in [0.29, 0.717) is 18.8 Å². The molecule has 138 valence electrons. The molecule has 0 aliphatic carbocycles. The van der Waals surface area contributed by atoms with Crippen molar-refractivity contribution in [3.05, 3.63) is 30.1 Å². The Morgan fingerprint density at radius 1 is 1.20 bits per heavy atom. The minimum Gasteiger partial charge on any atom is -0.393 e. The summed E-state index contributed by atoms with van der Waals surface area (Å²) in [5, 5.41) is 19.8. The molecule has 1 aromatic carbocycles. The number of fused-ring (bicyclic) bond motifs is 1. The van der Waals surface area contributed by atoms with E-state index in [1.807, 2.05) is 6.07 Å². The first-order valence-electron chi connectivity index (χ1n) is 9.50. The van der Waals surface area contributed by atoms with Crippen molar-refractivity contribution >= 4 is 11.0 Å². The van der Waals surface area contributed by atoms with Crippen molar-refractivity contribution < 1.29 is 10.2 Å². The first-order valence-corrected chi connectivity index (χ1v) is 9.50. The number of aliphatic hydroxyl groups excluding tert-OH is 1. The van der Waals surface area contributed by atoms with Crippen LogP contribution in [0.4, 0.5) is 0 Å². The SMILES string of the molecule is CC(C)CCn1c(CN2CCC[C@@](O)(CO)CC2)nc2ccccc21. The number of nitrogens with zero attached hydrogens (tertiary/aromatic N) is 3. The Bertz CT molecular complexity index is 697. The van der Waals surface area contributed by atoms with Crippen LogP contribution in [0.25, 0.3) is 11.0 Å². The lowest BCUT2D eigenvalue weighted by atomic mass is 9.96. The highest BCUT2D eigenvalue weighted by Crippen LogP contribution is 2.24. The molecule has 1 aromatic heterocycles. The number of hydrogen-bond acceptors (Lipinski definition) is 4. The van der Waals surface area contributed by atoms with Crippen LogP contribution in [0.15, 0.2) is 24.3 Å². The number of para-hydroxylation sites is 2. The summed E-state index contributed by atoms with van der Waals surface area (Å²) in [7, 11) is 0. The van der Waals surface area contributed by atoms with E-state index in [1.165, 1.54) is 5.52 Å². The van der Waals surface area contributed by atoms with Crippen molar-refractivity contribution in [3.63, 3.8) is 0 Å². The molecule has 1 aliphatic heterocycles. The third-order valence-corrected chi connectivity index (χ3v) is 5.33. The maximum Gasteiger partial charge on any atom is 0.124 e. The number of aryl methyl sites for hydroxylation is 1. The van der Waals surface area contributed by atoms with Gasteiger partial charge < -0.3 is 14.8 Å². The van der Waals surface area contributed by atoms with E-state index in [0.717, 1.165) is 50.4 Å². The second-order valence-electron chi connectivity index (χ2n) is 7.86. The van der Waals surface area contributed by atoms with Crippen molar-refractivity contribution in [3.8, 4) is 0 Å². The van der Waals surface area contributed by atoms with E-state index in [1.54, 1.807) is 0 Å². The van der Waals surface area contributed by atoms with Gasteiger partial charge in [-0.25, -0.2) is 4.98 Å². The van der Waals surface area contributed by atoms with E-state index in [-0.39, 0.29) is 6.61 Å². The summed E-state index contributed by atoms with van der Waals surface area (Å²) in [5.74, 6) is 1.77. The fraction of sp³-hybridized carbons (Fsp3) is 0.650. The summed E-state index contributed by atoms with van der Waals surface area (Å²) in [6, 6.07) is 8.35. The minimum absolute atomic E-state index is 0.145. The number of rotatable bonds is 6. The van der Waals surface area contributed by atoms with Crippen LogP contribution in [0.5, 0.6) is 0 Å². The van der Waals surface area contributed by atoms with Crippen molar-refractivity contribution in [1.29, 1.82) is 0 Å². The largest absolute Gasteiger partial charge is 0.393 e. The number of aliphatic hydroxyl groups is 2. The molecule has 2 aromatic rings. The Labute approximate surface area is 150 Å². The van der Waals surface area contributed by atoms with Crippen LogP contribution in [0.2, 0.25) is 0 Å². The molecule has 1 aliphatic rings. The Kier molecular flexibility index (Phi) is 5.77. The van der Waals surface area contributed by atoms with Gasteiger partial charge in [-0.05, 0) is 50.3 Å². The third kappa shape index (κ3) is 4.40. The van der Waals surface area contributed by atoms with Gasteiger partial charge in [0.1, 0.15) is 5.82 Å². The van der Waals surface area contributed by atoms with Gasteiger partial charge in [0, 0.05) is 13.1 Å². The first-order chi connectivity index (χ1) is 12.0. The lowest BCUT2D eigenvalue weighted by Gasteiger charge is -2.24. The predicted octanol–water partition coefficient (Wildman–Crippen LogP) is 2.79. The van der Waals surface area contributed by atoms with Gasteiger partial charge in [0.25, 0.3) is 0 Å². The maximum absolute atomic E-state index is 10.4. The van der Waals surface area contributed by atoms with Gasteiger partial charge in [0.15, 0.2) is 0 Å². The highest BCUT2D eigenvalue weighted by molar-refractivity contribution is 5.75. The predicted molar refractivity (Wildman–Crippen MR) is 100 cm³/mol. The maximum atomic E-state index is 10.4. The molecule has 0 unspecified atom stereocenters. The highest BCUT2D eigenvalue weighted by atomic mass is 16.3. The summed E-state index contributed by atoms with van der Waals surface area (Å²) in [5.41, 5.74) is 1.36. The van der Waals surface area contributed by atoms with Crippen LogP contribution in [-0.4, -0.2) is 50.0 Å². The molecule has 2 N–H and O–H groups in total. The van der Waals surface area contributed by atoms with Gasteiger partial charge >= 0.3 is 0 Å². The first kappa shape index (κ1) is 18.4. The van der Waals surface area contributed by atoms with Crippen molar-refractivity contribution in [2.75, 3.05) is 19.7 Å².